The van der Waals surface area contributed by atoms with Crippen LogP contribution < -0.4 is 11.3 Å². The molecule has 0 radical (unpaired) electrons. The van der Waals surface area contributed by atoms with E-state index in [9.17, 15) is 0 Å². The minimum Gasteiger partial charge on any atom is -0.271 e. The number of benzene rings is 1. The maximum Gasteiger partial charge on any atom is 0.0850 e. The lowest BCUT2D eigenvalue weighted by atomic mass is 9.96. The van der Waals surface area contributed by atoms with Crippen LogP contribution in [0.5, 0.6) is 0 Å². The number of aromatic nitrogens is 2. The first kappa shape index (κ1) is 16.0. The van der Waals surface area contributed by atoms with E-state index in [4.69, 9.17) is 17.4 Å². The van der Waals surface area contributed by atoms with Crippen LogP contribution in [-0.4, -0.2) is 9.78 Å². The summed E-state index contributed by atoms with van der Waals surface area (Å²) >= 11 is 6.44. The predicted molar refractivity (Wildman–Crippen MR) is 87.3 cm³/mol. The summed E-state index contributed by atoms with van der Waals surface area (Å²) in [6, 6.07) is 6.42. The van der Waals surface area contributed by atoms with Gasteiger partial charge in [0.15, 0.2) is 0 Å². The second kappa shape index (κ2) is 6.60. The number of halogens is 1. The van der Waals surface area contributed by atoms with Crippen LogP contribution in [0.25, 0.3) is 0 Å². The number of aryl methyl sites for hydroxylation is 4. The van der Waals surface area contributed by atoms with Crippen molar-refractivity contribution >= 4 is 11.6 Å². The van der Waals surface area contributed by atoms with E-state index in [0.29, 0.717) is 6.42 Å². The van der Waals surface area contributed by atoms with Crippen molar-refractivity contribution < 1.29 is 0 Å². The van der Waals surface area contributed by atoms with Crippen molar-refractivity contribution in [2.75, 3.05) is 0 Å². The van der Waals surface area contributed by atoms with Crippen molar-refractivity contribution in [2.24, 2.45) is 12.9 Å². The molecule has 1 aromatic carbocycles. The average molecular weight is 307 g/mol. The van der Waals surface area contributed by atoms with Crippen LogP contribution in [0.15, 0.2) is 18.2 Å². The smallest absolute Gasteiger partial charge is 0.0850 e. The summed E-state index contributed by atoms with van der Waals surface area (Å²) in [7, 11) is 1.93. The zero-order chi connectivity index (χ0) is 15.6. The maximum atomic E-state index is 6.44. The SMILES string of the molecule is CCc1nn(C)c(CC(NN)c2cc(C)ccc2C)c1Cl. The van der Waals surface area contributed by atoms with Gasteiger partial charge in [-0.2, -0.15) is 5.10 Å². The highest BCUT2D eigenvalue weighted by atomic mass is 35.5. The van der Waals surface area contributed by atoms with E-state index in [2.05, 4.69) is 49.5 Å². The first-order valence-corrected chi connectivity index (χ1v) is 7.59. The fourth-order valence-electron chi connectivity index (χ4n) is 2.63. The molecule has 0 saturated heterocycles. The standard InChI is InChI=1S/C16H23ClN4/c1-5-13-16(17)15(21(4)20-13)9-14(19-18)12-8-10(2)6-7-11(12)3/h6-8,14,19H,5,9,18H2,1-4H3. The Bertz CT molecular complexity index is 633. The van der Waals surface area contributed by atoms with Gasteiger partial charge in [0.1, 0.15) is 0 Å². The van der Waals surface area contributed by atoms with Crippen LogP contribution in [0, 0.1) is 13.8 Å². The molecule has 0 saturated carbocycles. The van der Waals surface area contributed by atoms with Crippen LogP contribution in [0.4, 0.5) is 0 Å². The number of hydrogen-bond acceptors (Lipinski definition) is 3. The highest BCUT2D eigenvalue weighted by Crippen LogP contribution is 2.27. The zero-order valence-electron chi connectivity index (χ0n) is 13.1. The van der Waals surface area contributed by atoms with Crippen LogP contribution in [0.3, 0.4) is 0 Å². The summed E-state index contributed by atoms with van der Waals surface area (Å²) in [4.78, 5) is 0. The number of nitrogens with two attached hydrogens (primary N) is 1. The number of hydrazine groups is 1. The normalized spacial score (nSPS) is 12.7. The lowest BCUT2D eigenvalue weighted by Gasteiger charge is -2.19. The molecule has 1 atom stereocenters. The molecule has 0 aliphatic heterocycles. The van der Waals surface area contributed by atoms with E-state index in [1.807, 2.05) is 11.7 Å². The van der Waals surface area contributed by atoms with Gasteiger partial charge in [-0.1, -0.05) is 42.3 Å². The van der Waals surface area contributed by atoms with Gasteiger partial charge < -0.3 is 0 Å². The number of nitrogens with one attached hydrogen (secondary N) is 1. The molecule has 0 aliphatic carbocycles. The average Bonchev–Trinajstić information content (AvgIpc) is 2.74. The van der Waals surface area contributed by atoms with Gasteiger partial charge in [-0.15, -0.1) is 0 Å². The summed E-state index contributed by atoms with van der Waals surface area (Å²) in [5.74, 6) is 5.79. The topological polar surface area (TPSA) is 55.9 Å². The van der Waals surface area contributed by atoms with Gasteiger partial charge in [0, 0.05) is 13.5 Å². The zero-order valence-corrected chi connectivity index (χ0v) is 13.8. The molecule has 1 heterocycles. The van der Waals surface area contributed by atoms with Crippen LogP contribution in [0.2, 0.25) is 5.02 Å². The molecule has 2 rings (SSSR count). The monoisotopic (exact) mass is 306 g/mol. The first-order chi connectivity index (χ1) is 9.97. The molecule has 1 aromatic heterocycles. The molecule has 3 N–H and O–H groups in total. The Morgan fingerprint density at radius 1 is 1.38 bits per heavy atom. The summed E-state index contributed by atoms with van der Waals surface area (Å²) in [6.45, 7) is 6.24. The second-order valence-electron chi connectivity index (χ2n) is 5.47. The van der Waals surface area contributed by atoms with Crippen LogP contribution in [0.1, 0.15) is 41.0 Å². The van der Waals surface area contributed by atoms with Crippen molar-refractivity contribution in [3.8, 4) is 0 Å². The van der Waals surface area contributed by atoms with Crippen molar-refractivity contribution in [3.05, 3.63) is 51.3 Å². The molecule has 1 unspecified atom stereocenters. The van der Waals surface area contributed by atoms with E-state index in [1.165, 1.54) is 16.7 Å². The molecular formula is C16H23ClN4. The third-order valence-electron chi connectivity index (χ3n) is 3.91. The summed E-state index contributed by atoms with van der Waals surface area (Å²) in [5, 5.41) is 5.22. The lowest BCUT2D eigenvalue weighted by Crippen LogP contribution is -2.30. The van der Waals surface area contributed by atoms with Gasteiger partial charge >= 0.3 is 0 Å². The quantitative estimate of drug-likeness (QED) is 0.659. The van der Waals surface area contributed by atoms with E-state index in [1.54, 1.807) is 0 Å². The molecule has 4 nitrogen and oxygen atoms in total. The molecule has 2 aromatic rings. The van der Waals surface area contributed by atoms with Gasteiger partial charge in [-0.05, 0) is 31.4 Å². The van der Waals surface area contributed by atoms with Gasteiger partial charge in [-0.25, -0.2) is 0 Å². The molecule has 0 spiro atoms. The Morgan fingerprint density at radius 2 is 2.10 bits per heavy atom. The molecular weight excluding hydrogens is 284 g/mol. The van der Waals surface area contributed by atoms with Gasteiger partial charge in [0.05, 0.1) is 22.5 Å². The van der Waals surface area contributed by atoms with Gasteiger partial charge in [-0.3, -0.25) is 16.0 Å². The molecule has 0 bridgehead atoms. The van der Waals surface area contributed by atoms with Crippen molar-refractivity contribution in [1.82, 2.24) is 15.2 Å². The lowest BCUT2D eigenvalue weighted by molar-refractivity contribution is 0.527. The summed E-state index contributed by atoms with van der Waals surface area (Å²) < 4.78 is 1.86. The molecule has 0 fully saturated rings. The third-order valence-corrected chi connectivity index (χ3v) is 4.35. The highest BCUT2D eigenvalue weighted by Gasteiger charge is 2.19. The van der Waals surface area contributed by atoms with Gasteiger partial charge in [0.25, 0.3) is 0 Å². The number of nitrogens with zero attached hydrogens (tertiary/aromatic N) is 2. The Balaban J connectivity index is 2.36. The van der Waals surface area contributed by atoms with E-state index >= 15 is 0 Å². The van der Waals surface area contributed by atoms with Crippen molar-refractivity contribution in [2.45, 2.75) is 39.7 Å². The molecule has 114 valence electrons. The van der Waals surface area contributed by atoms with Crippen molar-refractivity contribution in [3.63, 3.8) is 0 Å². The van der Waals surface area contributed by atoms with Crippen molar-refractivity contribution in [1.29, 1.82) is 0 Å². The Hall–Kier alpha value is -1.36. The highest BCUT2D eigenvalue weighted by molar-refractivity contribution is 6.31. The predicted octanol–water partition coefficient (Wildman–Crippen LogP) is 3.00. The summed E-state index contributed by atoms with van der Waals surface area (Å²) in [5.41, 5.74) is 8.51. The fourth-order valence-corrected chi connectivity index (χ4v) is 3.00. The molecule has 5 heteroatoms. The van der Waals surface area contributed by atoms with E-state index < -0.39 is 0 Å². The van der Waals surface area contributed by atoms with Crippen LogP contribution in [-0.2, 0) is 19.9 Å². The third kappa shape index (κ3) is 3.28. The number of rotatable bonds is 5. The largest absolute Gasteiger partial charge is 0.271 e. The Labute approximate surface area is 131 Å². The molecule has 0 amide bonds. The first-order valence-electron chi connectivity index (χ1n) is 7.21. The summed E-state index contributed by atoms with van der Waals surface area (Å²) in [6.07, 6.45) is 1.54. The van der Waals surface area contributed by atoms with Gasteiger partial charge in [0.2, 0.25) is 0 Å². The Morgan fingerprint density at radius 3 is 2.67 bits per heavy atom. The Kier molecular flexibility index (Phi) is 5.04. The molecule has 0 aliphatic rings. The van der Waals surface area contributed by atoms with Crippen LogP contribution >= 0.6 is 11.6 Å². The van der Waals surface area contributed by atoms with E-state index in [-0.39, 0.29) is 6.04 Å². The molecule has 21 heavy (non-hydrogen) atoms. The second-order valence-corrected chi connectivity index (χ2v) is 5.85. The fraction of sp³-hybridized carbons (Fsp3) is 0.438. The number of hydrogen-bond donors (Lipinski definition) is 2. The maximum absolute atomic E-state index is 6.44. The minimum absolute atomic E-state index is 0.0162. The van der Waals surface area contributed by atoms with E-state index in [0.717, 1.165) is 22.8 Å². The minimum atomic E-state index is 0.0162.